The Morgan fingerprint density at radius 3 is 2.53 bits per heavy atom. The first kappa shape index (κ1) is 12.4. The molecule has 1 amide bonds. The second-order valence-electron chi connectivity index (χ2n) is 4.07. The van der Waals surface area contributed by atoms with E-state index in [2.05, 4.69) is 5.32 Å². The molecular weight excluding hydrogens is 216 g/mol. The molecule has 0 heterocycles. The van der Waals surface area contributed by atoms with Crippen molar-refractivity contribution in [2.45, 2.75) is 32.1 Å². The summed E-state index contributed by atoms with van der Waals surface area (Å²) in [4.78, 5) is 11.3. The average Bonchev–Trinajstić information content (AvgIpc) is 2.04. The zero-order valence-electron chi connectivity index (χ0n) is 8.74. The summed E-state index contributed by atoms with van der Waals surface area (Å²) < 4.78 is 21.1. The number of nitrogens with one attached hydrogen (secondary N) is 1. The van der Waals surface area contributed by atoms with Gasteiger partial charge in [-0.15, -0.1) is 0 Å². The van der Waals surface area contributed by atoms with E-state index in [1.807, 2.05) is 0 Å². The second kappa shape index (κ2) is 5.46. The van der Waals surface area contributed by atoms with Crippen molar-refractivity contribution in [1.29, 1.82) is 0 Å². The molecule has 1 saturated carbocycles. The van der Waals surface area contributed by atoms with Gasteiger partial charge in [0.25, 0.3) is 0 Å². The Labute approximate surface area is 90.5 Å². The standard InChI is InChI=1S/C9H18N2O3S/c10-15(13,14)6-2-5-11-9(12)7-8-3-1-4-8/h8H,1-7H2,(H,11,12)(H2,10,13,14). The van der Waals surface area contributed by atoms with Crippen molar-refractivity contribution in [2.24, 2.45) is 11.1 Å². The summed E-state index contributed by atoms with van der Waals surface area (Å²) in [6.07, 6.45) is 4.48. The minimum atomic E-state index is -3.39. The molecule has 1 aliphatic carbocycles. The zero-order chi connectivity index (χ0) is 11.3. The molecule has 1 rings (SSSR count). The molecule has 0 radical (unpaired) electrons. The van der Waals surface area contributed by atoms with Gasteiger partial charge in [0.1, 0.15) is 0 Å². The monoisotopic (exact) mass is 234 g/mol. The molecule has 0 atom stereocenters. The van der Waals surface area contributed by atoms with Gasteiger partial charge in [-0.2, -0.15) is 0 Å². The van der Waals surface area contributed by atoms with Crippen LogP contribution in [0, 0.1) is 5.92 Å². The van der Waals surface area contributed by atoms with Gasteiger partial charge in [0.05, 0.1) is 5.75 Å². The minimum Gasteiger partial charge on any atom is -0.356 e. The number of carbonyl (C=O) groups is 1. The van der Waals surface area contributed by atoms with E-state index in [1.165, 1.54) is 6.42 Å². The summed E-state index contributed by atoms with van der Waals surface area (Å²) in [6, 6.07) is 0. The molecule has 0 spiro atoms. The Morgan fingerprint density at radius 1 is 1.40 bits per heavy atom. The molecule has 6 heteroatoms. The maximum Gasteiger partial charge on any atom is 0.220 e. The number of hydrogen-bond donors (Lipinski definition) is 2. The fourth-order valence-corrected chi connectivity index (χ4v) is 2.08. The van der Waals surface area contributed by atoms with E-state index >= 15 is 0 Å². The normalized spacial score (nSPS) is 17.1. The summed E-state index contributed by atoms with van der Waals surface area (Å²) in [5.41, 5.74) is 0. The molecular formula is C9H18N2O3S. The van der Waals surface area contributed by atoms with Crippen molar-refractivity contribution in [2.75, 3.05) is 12.3 Å². The number of amides is 1. The Bertz CT molecular complexity index is 309. The zero-order valence-corrected chi connectivity index (χ0v) is 9.55. The van der Waals surface area contributed by atoms with Crippen LogP contribution in [0.25, 0.3) is 0 Å². The molecule has 0 aliphatic heterocycles. The maximum absolute atomic E-state index is 11.3. The molecule has 88 valence electrons. The maximum atomic E-state index is 11.3. The highest BCUT2D eigenvalue weighted by Gasteiger charge is 2.20. The van der Waals surface area contributed by atoms with Crippen molar-refractivity contribution >= 4 is 15.9 Å². The lowest BCUT2D eigenvalue weighted by Gasteiger charge is -2.24. The smallest absolute Gasteiger partial charge is 0.220 e. The second-order valence-corrected chi connectivity index (χ2v) is 5.81. The van der Waals surface area contributed by atoms with Crippen molar-refractivity contribution in [3.63, 3.8) is 0 Å². The van der Waals surface area contributed by atoms with Gasteiger partial charge in [-0.3, -0.25) is 4.79 Å². The predicted molar refractivity (Wildman–Crippen MR) is 57.6 cm³/mol. The number of hydrogen-bond acceptors (Lipinski definition) is 3. The molecule has 0 aromatic heterocycles. The Balaban J connectivity index is 2.01. The lowest BCUT2D eigenvalue weighted by molar-refractivity contribution is -0.122. The predicted octanol–water partition coefficient (Wildman–Crippen LogP) is -0.0286. The van der Waals surface area contributed by atoms with E-state index in [1.54, 1.807) is 0 Å². The summed E-state index contributed by atoms with van der Waals surface area (Å²) >= 11 is 0. The van der Waals surface area contributed by atoms with Crippen LogP contribution in [0.1, 0.15) is 32.1 Å². The SMILES string of the molecule is NS(=O)(=O)CCCNC(=O)CC1CCC1. The van der Waals surface area contributed by atoms with Crippen molar-refractivity contribution in [3.05, 3.63) is 0 Å². The van der Waals surface area contributed by atoms with Crippen LogP contribution < -0.4 is 10.5 Å². The van der Waals surface area contributed by atoms with Crippen LogP contribution in [0.2, 0.25) is 0 Å². The fraction of sp³-hybridized carbons (Fsp3) is 0.889. The van der Waals surface area contributed by atoms with E-state index in [-0.39, 0.29) is 11.7 Å². The van der Waals surface area contributed by atoms with E-state index in [0.29, 0.717) is 25.3 Å². The number of rotatable bonds is 6. The first-order valence-electron chi connectivity index (χ1n) is 5.24. The molecule has 1 aliphatic rings. The average molecular weight is 234 g/mol. The van der Waals surface area contributed by atoms with Gasteiger partial charge < -0.3 is 5.32 Å². The molecule has 15 heavy (non-hydrogen) atoms. The van der Waals surface area contributed by atoms with Crippen molar-refractivity contribution in [3.8, 4) is 0 Å². The quantitative estimate of drug-likeness (QED) is 0.632. The molecule has 0 aromatic carbocycles. The van der Waals surface area contributed by atoms with Gasteiger partial charge in [0, 0.05) is 13.0 Å². The number of sulfonamides is 1. The van der Waals surface area contributed by atoms with Gasteiger partial charge in [-0.25, -0.2) is 13.6 Å². The van der Waals surface area contributed by atoms with Gasteiger partial charge in [0.2, 0.25) is 15.9 Å². The van der Waals surface area contributed by atoms with Crippen LogP contribution in [-0.4, -0.2) is 26.6 Å². The van der Waals surface area contributed by atoms with E-state index in [9.17, 15) is 13.2 Å². The first-order valence-corrected chi connectivity index (χ1v) is 6.96. The van der Waals surface area contributed by atoms with Gasteiger partial charge in [0.15, 0.2) is 0 Å². The third kappa shape index (κ3) is 5.74. The highest BCUT2D eigenvalue weighted by atomic mass is 32.2. The third-order valence-electron chi connectivity index (χ3n) is 2.63. The Kier molecular flexibility index (Phi) is 4.53. The summed E-state index contributed by atoms with van der Waals surface area (Å²) in [5, 5.41) is 7.52. The van der Waals surface area contributed by atoms with Crippen LogP contribution in [0.15, 0.2) is 0 Å². The lowest BCUT2D eigenvalue weighted by Crippen LogP contribution is -2.30. The topological polar surface area (TPSA) is 89.3 Å². The number of nitrogens with two attached hydrogens (primary N) is 1. The molecule has 0 saturated heterocycles. The summed E-state index contributed by atoms with van der Waals surface area (Å²) in [5.74, 6) is 0.494. The van der Waals surface area contributed by atoms with Gasteiger partial charge in [-0.1, -0.05) is 6.42 Å². The van der Waals surface area contributed by atoms with Crippen LogP contribution in [0.3, 0.4) is 0 Å². The minimum absolute atomic E-state index is 0.0223. The van der Waals surface area contributed by atoms with Crippen LogP contribution in [0.4, 0.5) is 0 Å². The van der Waals surface area contributed by atoms with Gasteiger partial charge >= 0.3 is 0 Å². The summed E-state index contributed by atoms with van der Waals surface area (Å²) in [7, 11) is -3.39. The Morgan fingerprint density at radius 2 is 2.07 bits per heavy atom. The van der Waals surface area contributed by atoms with Crippen LogP contribution in [0.5, 0.6) is 0 Å². The van der Waals surface area contributed by atoms with E-state index in [4.69, 9.17) is 5.14 Å². The molecule has 3 N–H and O–H groups in total. The van der Waals surface area contributed by atoms with Crippen LogP contribution in [-0.2, 0) is 14.8 Å². The molecule has 0 unspecified atom stereocenters. The third-order valence-corrected chi connectivity index (χ3v) is 3.48. The van der Waals surface area contributed by atoms with Crippen molar-refractivity contribution < 1.29 is 13.2 Å². The highest BCUT2D eigenvalue weighted by molar-refractivity contribution is 7.89. The molecule has 0 aromatic rings. The van der Waals surface area contributed by atoms with Crippen molar-refractivity contribution in [1.82, 2.24) is 5.32 Å². The fourth-order valence-electron chi connectivity index (χ4n) is 1.53. The van der Waals surface area contributed by atoms with E-state index in [0.717, 1.165) is 12.8 Å². The summed E-state index contributed by atoms with van der Waals surface area (Å²) in [6.45, 7) is 0.391. The molecule has 5 nitrogen and oxygen atoms in total. The molecule has 1 fully saturated rings. The van der Waals surface area contributed by atoms with E-state index < -0.39 is 10.0 Å². The lowest BCUT2D eigenvalue weighted by atomic mass is 9.83. The Hall–Kier alpha value is -0.620. The highest BCUT2D eigenvalue weighted by Crippen LogP contribution is 2.28. The number of primary sulfonamides is 1. The molecule has 0 bridgehead atoms. The number of carbonyl (C=O) groups excluding carboxylic acids is 1. The first-order chi connectivity index (χ1) is 6.97. The van der Waals surface area contributed by atoms with Gasteiger partial charge in [-0.05, 0) is 25.2 Å². The largest absolute Gasteiger partial charge is 0.356 e. The van der Waals surface area contributed by atoms with Crippen LogP contribution >= 0.6 is 0 Å².